The monoisotopic (exact) mass is 1370 g/mol. The molecule has 17 atom stereocenters. The fourth-order valence-electron chi connectivity index (χ4n) is 13.6. The highest BCUT2D eigenvalue weighted by molar-refractivity contribution is 5.76. The molecule has 12 N–H and O–H groups in total. The molecule has 0 spiro atoms. The molecule has 0 saturated carbocycles. The van der Waals surface area contributed by atoms with E-state index in [1.54, 1.807) is 6.08 Å². The number of unbranched alkanes of at least 4 members (excludes halogenated alkanes) is 45. The number of amides is 1. The molecule has 0 radical (unpaired) electrons. The van der Waals surface area contributed by atoms with Gasteiger partial charge in [-0.1, -0.05) is 314 Å². The number of aliphatic hydroxyl groups is 11. The first kappa shape index (κ1) is 88.5. The van der Waals surface area contributed by atoms with Gasteiger partial charge in [-0.05, 0) is 32.1 Å². The lowest BCUT2D eigenvalue weighted by atomic mass is 9.96. The van der Waals surface area contributed by atoms with E-state index < -0.39 is 124 Å². The van der Waals surface area contributed by atoms with Crippen molar-refractivity contribution in [2.24, 2.45) is 0 Å². The summed E-state index contributed by atoms with van der Waals surface area (Å²) in [5.41, 5.74) is 0. The molecular weight excluding hydrogens is 1230 g/mol. The zero-order valence-corrected chi connectivity index (χ0v) is 60.4. The van der Waals surface area contributed by atoms with E-state index in [4.69, 9.17) is 28.4 Å². The van der Waals surface area contributed by atoms with Crippen LogP contribution < -0.4 is 5.32 Å². The third-order valence-corrected chi connectivity index (χ3v) is 20.0. The number of carbonyl (C=O) groups is 1. The van der Waals surface area contributed by atoms with Crippen molar-refractivity contribution < 1.29 is 89.4 Å². The van der Waals surface area contributed by atoms with E-state index in [0.717, 1.165) is 38.5 Å². The molecule has 19 nitrogen and oxygen atoms in total. The van der Waals surface area contributed by atoms with Crippen LogP contribution in [-0.2, 0) is 33.2 Å². The smallest absolute Gasteiger partial charge is 0.220 e. The molecule has 3 saturated heterocycles. The van der Waals surface area contributed by atoms with Crippen molar-refractivity contribution in [3.05, 3.63) is 24.3 Å². The van der Waals surface area contributed by atoms with Gasteiger partial charge in [-0.2, -0.15) is 0 Å². The predicted octanol–water partition coefficient (Wildman–Crippen LogP) is 12.6. The van der Waals surface area contributed by atoms with E-state index in [9.17, 15) is 61.0 Å². The second-order valence-electron chi connectivity index (χ2n) is 28.5. The van der Waals surface area contributed by atoms with E-state index in [2.05, 4.69) is 31.3 Å². The maximum Gasteiger partial charge on any atom is 0.220 e. The summed E-state index contributed by atoms with van der Waals surface area (Å²) in [5, 5.41) is 121. The first-order valence-electron chi connectivity index (χ1n) is 39.6. The van der Waals surface area contributed by atoms with Gasteiger partial charge in [0.05, 0.1) is 38.6 Å². The van der Waals surface area contributed by atoms with Crippen LogP contribution in [0.15, 0.2) is 24.3 Å². The summed E-state index contributed by atoms with van der Waals surface area (Å²) in [6.45, 7) is 1.78. The van der Waals surface area contributed by atoms with Crippen LogP contribution in [0, 0.1) is 0 Å². The molecule has 17 unspecified atom stereocenters. The quantitative estimate of drug-likeness (QED) is 0.0199. The fourth-order valence-corrected chi connectivity index (χ4v) is 13.6. The molecule has 0 aromatic heterocycles. The molecule has 0 aromatic carbocycles. The van der Waals surface area contributed by atoms with Gasteiger partial charge in [-0.15, -0.1) is 0 Å². The number of nitrogens with one attached hydrogen (secondary N) is 1. The van der Waals surface area contributed by atoms with Crippen LogP contribution in [0.25, 0.3) is 0 Å². The zero-order valence-electron chi connectivity index (χ0n) is 60.4. The van der Waals surface area contributed by atoms with Crippen molar-refractivity contribution in [2.45, 2.75) is 433 Å². The third kappa shape index (κ3) is 39.1. The third-order valence-electron chi connectivity index (χ3n) is 20.0. The van der Waals surface area contributed by atoms with Crippen molar-refractivity contribution in [1.82, 2.24) is 5.32 Å². The predicted molar refractivity (Wildman–Crippen MR) is 379 cm³/mol. The van der Waals surface area contributed by atoms with Gasteiger partial charge in [0.25, 0.3) is 0 Å². The highest BCUT2D eigenvalue weighted by Crippen LogP contribution is 2.33. The summed E-state index contributed by atoms with van der Waals surface area (Å²) in [6.07, 6.45) is 43.1. The summed E-state index contributed by atoms with van der Waals surface area (Å²) in [6, 6.07) is -0.988. The molecule has 3 heterocycles. The summed E-state index contributed by atoms with van der Waals surface area (Å²) in [4.78, 5) is 13.5. The first-order valence-corrected chi connectivity index (χ1v) is 39.6. The normalized spacial score (nSPS) is 27.1. The molecule has 0 aliphatic carbocycles. The van der Waals surface area contributed by atoms with E-state index in [-0.39, 0.29) is 18.9 Å². The minimum Gasteiger partial charge on any atom is -0.394 e. The van der Waals surface area contributed by atoms with Gasteiger partial charge >= 0.3 is 0 Å². The van der Waals surface area contributed by atoms with Crippen molar-refractivity contribution >= 4 is 5.91 Å². The standard InChI is InChI=1S/C77H145NO18/c1-3-5-7-9-11-13-15-17-19-21-23-25-27-28-29-30-31-32-33-34-36-38-40-42-44-46-48-50-52-54-61(82)60(78-65(83)55-53-51-49-47-45-43-41-39-37-35-26-24-22-20-18-16-14-12-10-8-6-4-2)59-91-75-71(89)68(86)73(63(57-80)93-75)96-77-72(90)69(87)74(64(58-81)94-77)95-76-70(88)67(85)66(84)62(56-79)92-76/h44,46,52,54,60-64,66-77,79-82,84-90H,3-43,45,47-51,53,55-59H2,1-2H3,(H,78,83)/b46-44+,54-52+. The van der Waals surface area contributed by atoms with Crippen LogP contribution in [-0.4, -0.2) is 193 Å². The molecule has 0 aromatic rings. The molecule has 3 aliphatic heterocycles. The number of carbonyl (C=O) groups excluding carboxylic acids is 1. The Balaban J connectivity index is 1.40. The van der Waals surface area contributed by atoms with E-state index in [1.165, 1.54) is 257 Å². The maximum atomic E-state index is 13.5. The van der Waals surface area contributed by atoms with Crippen molar-refractivity contribution in [3.8, 4) is 0 Å². The molecule has 0 bridgehead atoms. The molecular formula is C77H145NO18. The Kier molecular flexibility index (Phi) is 54.1. The average molecular weight is 1370 g/mol. The van der Waals surface area contributed by atoms with Crippen LogP contribution in [0.5, 0.6) is 0 Å². The van der Waals surface area contributed by atoms with Gasteiger partial charge in [0, 0.05) is 6.42 Å². The number of hydrogen-bond acceptors (Lipinski definition) is 18. The van der Waals surface area contributed by atoms with Gasteiger partial charge in [-0.25, -0.2) is 0 Å². The van der Waals surface area contributed by atoms with Crippen LogP contribution in [0.3, 0.4) is 0 Å². The molecule has 3 aliphatic rings. The summed E-state index contributed by atoms with van der Waals surface area (Å²) < 4.78 is 34.4. The second-order valence-corrected chi connectivity index (χ2v) is 28.5. The Morgan fingerprint density at radius 2 is 0.667 bits per heavy atom. The lowest BCUT2D eigenvalue weighted by Crippen LogP contribution is -2.66. The highest BCUT2D eigenvalue weighted by Gasteiger charge is 2.53. The summed E-state index contributed by atoms with van der Waals surface area (Å²) in [7, 11) is 0. The van der Waals surface area contributed by atoms with Crippen molar-refractivity contribution in [2.75, 3.05) is 26.4 Å². The van der Waals surface area contributed by atoms with Crippen LogP contribution >= 0.6 is 0 Å². The number of aliphatic hydroxyl groups excluding tert-OH is 11. The summed E-state index contributed by atoms with van der Waals surface area (Å²) >= 11 is 0. The Morgan fingerprint density at radius 3 is 1.04 bits per heavy atom. The number of rotatable bonds is 63. The Hall–Kier alpha value is -1.73. The SMILES string of the molecule is CCCCCCCCCCCCCCCCCCCCCCCCC/C=C/CC/C=C/C(O)C(COC1OC(CO)C(OC2OC(CO)C(OC3OC(CO)C(O)C(O)C3O)C(O)C2O)C(O)C1O)NC(=O)CCCCCCCCCCCCCCCCCCCCCCCC. The number of allylic oxidation sites excluding steroid dienone is 3. The molecule has 566 valence electrons. The molecule has 1 amide bonds. The zero-order chi connectivity index (χ0) is 69.6. The molecule has 96 heavy (non-hydrogen) atoms. The van der Waals surface area contributed by atoms with E-state index in [0.29, 0.717) is 12.8 Å². The topological polar surface area (TPSA) is 307 Å². The van der Waals surface area contributed by atoms with Gasteiger partial charge in [0.2, 0.25) is 5.91 Å². The fraction of sp³-hybridized carbons (Fsp3) is 0.935. The highest BCUT2D eigenvalue weighted by atomic mass is 16.8. The molecule has 3 rings (SSSR count). The Morgan fingerprint density at radius 1 is 0.365 bits per heavy atom. The average Bonchev–Trinajstić information content (AvgIpc) is 0.795. The van der Waals surface area contributed by atoms with Crippen LogP contribution in [0.1, 0.15) is 328 Å². The van der Waals surface area contributed by atoms with Crippen LogP contribution in [0.4, 0.5) is 0 Å². The molecule has 19 heteroatoms. The summed E-state index contributed by atoms with van der Waals surface area (Å²) in [5.74, 6) is -0.278. The van der Waals surface area contributed by atoms with Crippen molar-refractivity contribution in [1.29, 1.82) is 0 Å². The molecule has 3 fully saturated rings. The van der Waals surface area contributed by atoms with Crippen molar-refractivity contribution in [3.63, 3.8) is 0 Å². The number of hydrogen-bond donors (Lipinski definition) is 12. The number of ether oxygens (including phenoxy) is 6. The minimum atomic E-state index is -1.98. The Labute approximate surface area is 581 Å². The van der Waals surface area contributed by atoms with Gasteiger partial charge in [-0.3, -0.25) is 4.79 Å². The first-order chi connectivity index (χ1) is 46.8. The van der Waals surface area contributed by atoms with Crippen LogP contribution in [0.2, 0.25) is 0 Å². The van der Waals surface area contributed by atoms with Gasteiger partial charge < -0.3 is 89.9 Å². The Bertz CT molecular complexity index is 1830. The lowest BCUT2D eigenvalue weighted by molar-refractivity contribution is -0.379. The van der Waals surface area contributed by atoms with Gasteiger partial charge in [0.1, 0.15) is 73.2 Å². The maximum absolute atomic E-state index is 13.5. The second kappa shape index (κ2) is 58.7. The largest absolute Gasteiger partial charge is 0.394 e. The lowest BCUT2D eigenvalue weighted by Gasteiger charge is -2.48. The van der Waals surface area contributed by atoms with E-state index >= 15 is 0 Å². The van der Waals surface area contributed by atoms with E-state index in [1.807, 2.05) is 6.08 Å². The minimum absolute atomic E-state index is 0.241. The van der Waals surface area contributed by atoms with Gasteiger partial charge in [0.15, 0.2) is 18.9 Å².